The maximum absolute atomic E-state index is 13.9. The van der Waals surface area contributed by atoms with E-state index in [0.717, 1.165) is 62.6 Å². The highest BCUT2D eigenvalue weighted by Crippen LogP contribution is 2.44. The van der Waals surface area contributed by atoms with Gasteiger partial charge in [-0.1, -0.05) is 12.1 Å². The maximum atomic E-state index is 13.9. The number of aryl methyl sites for hydroxylation is 1. The van der Waals surface area contributed by atoms with Crippen molar-refractivity contribution in [1.82, 2.24) is 9.55 Å². The summed E-state index contributed by atoms with van der Waals surface area (Å²) >= 11 is 0. The highest BCUT2D eigenvalue weighted by Gasteiger charge is 2.38. The largest absolute Gasteiger partial charge is 0.495 e. The number of ether oxygens (including phenoxy) is 2. The van der Waals surface area contributed by atoms with Gasteiger partial charge >= 0.3 is 0 Å². The molecule has 2 aromatic heterocycles. The van der Waals surface area contributed by atoms with Crippen LogP contribution in [0.5, 0.6) is 11.5 Å². The van der Waals surface area contributed by atoms with Gasteiger partial charge in [-0.3, -0.25) is 9.59 Å². The lowest BCUT2D eigenvalue weighted by molar-refractivity contribution is -0.121. The summed E-state index contributed by atoms with van der Waals surface area (Å²) in [5, 5.41) is 12.7. The monoisotopic (exact) mass is 593 g/mol. The number of H-pyrrole nitrogens is 1. The third-order valence-electron chi connectivity index (χ3n) is 9.60. The van der Waals surface area contributed by atoms with E-state index < -0.39 is 5.41 Å². The Hall–Kier alpha value is -4.64. The lowest BCUT2D eigenvalue weighted by atomic mass is 9.69. The summed E-state index contributed by atoms with van der Waals surface area (Å²) in [6.45, 7) is 0. The molecule has 0 atom stereocenters. The number of hydrogen-bond donors (Lipinski definition) is 1. The van der Waals surface area contributed by atoms with E-state index in [2.05, 4.69) is 21.7 Å². The number of benzene rings is 3. The van der Waals surface area contributed by atoms with Crippen LogP contribution in [0.25, 0.3) is 32.7 Å². The van der Waals surface area contributed by atoms with Crippen molar-refractivity contribution in [3.8, 4) is 17.6 Å². The number of nitrogens with zero attached hydrogens (tertiary/aromatic N) is 2. The number of ketones is 2. The number of fused-ring (bicyclic) bond motifs is 4. The van der Waals surface area contributed by atoms with Crippen molar-refractivity contribution in [1.29, 1.82) is 5.26 Å². The molecule has 3 aromatic carbocycles. The van der Waals surface area contributed by atoms with E-state index in [4.69, 9.17) is 9.47 Å². The molecule has 2 heterocycles. The SMILES string of the molecule is COc1ccc(C2(C#N)CCC(=O)CC2)c2cc[nH]c12.COc1ccc(C2CCC(=O)CC2)c2c3cc(F)ccc3n(C)c12. The summed E-state index contributed by atoms with van der Waals surface area (Å²) in [4.78, 5) is 26.2. The van der Waals surface area contributed by atoms with Gasteiger partial charge in [-0.25, -0.2) is 4.39 Å². The molecule has 0 radical (unpaired) electrons. The minimum absolute atomic E-state index is 0.234. The third kappa shape index (κ3) is 5.00. The van der Waals surface area contributed by atoms with Crippen LogP contribution in [0.15, 0.2) is 54.7 Å². The molecule has 2 fully saturated rings. The number of Topliss-reactive ketones (excluding diaryl/α,β-unsaturated/α-hetero) is 2. The zero-order chi connectivity index (χ0) is 31.0. The molecule has 0 bridgehead atoms. The predicted molar refractivity (Wildman–Crippen MR) is 169 cm³/mol. The van der Waals surface area contributed by atoms with E-state index in [0.29, 0.717) is 50.2 Å². The molecule has 44 heavy (non-hydrogen) atoms. The molecule has 226 valence electrons. The summed E-state index contributed by atoms with van der Waals surface area (Å²) in [6.07, 6.45) is 7.06. The van der Waals surface area contributed by atoms with Crippen molar-refractivity contribution >= 4 is 44.3 Å². The smallest absolute Gasteiger partial charge is 0.143 e. The van der Waals surface area contributed by atoms with Crippen LogP contribution < -0.4 is 9.47 Å². The van der Waals surface area contributed by atoms with Gasteiger partial charge in [-0.05, 0) is 79.1 Å². The molecule has 0 aliphatic heterocycles. The minimum atomic E-state index is -0.555. The molecule has 7 nitrogen and oxygen atoms in total. The number of rotatable bonds is 4. The van der Waals surface area contributed by atoms with E-state index in [1.807, 2.05) is 43.6 Å². The molecule has 2 saturated carbocycles. The number of aromatic nitrogens is 2. The highest BCUT2D eigenvalue weighted by molar-refractivity contribution is 6.12. The van der Waals surface area contributed by atoms with Crippen LogP contribution in [-0.4, -0.2) is 35.3 Å². The molecular formula is C36H36FN3O4. The summed E-state index contributed by atoms with van der Waals surface area (Å²) in [5.74, 6) is 2.27. The average Bonchev–Trinajstić information content (AvgIpc) is 3.65. The standard InChI is InChI=1S/C20H20FNO2.C16H16N2O2/c1-22-17-9-5-13(21)11-16(17)19-15(8-10-18(24-2)20(19)22)12-3-6-14(23)7-4-12;1-20-14-3-2-13(12-6-9-18-15(12)14)16(10-17)7-4-11(19)5-8-16/h5,8-12H,3-4,6-7H2,1-2H3;2-3,6,9,18H,4-5,7-8H2,1H3. The number of carbonyl (C=O) groups excluding carboxylic acids is 2. The zero-order valence-electron chi connectivity index (χ0n) is 25.3. The lowest BCUT2D eigenvalue weighted by Gasteiger charge is -2.31. The zero-order valence-corrected chi connectivity index (χ0v) is 25.3. The van der Waals surface area contributed by atoms with E-state index in [-0.39, 0.29) is 11.6 Å². The number of halogens is 1. The first kappa shape index (κ1) is 29.4. The Morgan fingerprint density at radius 3 is 2.27 bits per heavy atom. The van der Waals surface area contributed by atoms with Crippen LogP contribution >= 0.6 is 0 Å². The molecule has 5 aromatic rings. The number of methoxy groups -OCH3 is 2. The Kier molecular flexibility index (Phi) is 7.89. The second-order valence-electron chi connectivity index (χ2n) is 11.9. The quantitative estimate of drug-likeness (QED) is 0.229. The van der Waals surface area contributed by atoms with Gasteiger partial charge in [0.1, 0.15) is 28.9 Å². The lowest BCUT2D eigenvalue weighted by Crippen LogP contribution is -2.30. The van der Waals surface area contributed by atoms with Crippen LogP contribution in [0.4, 0.5) is 4.39 Å². The van der Waals surface area contributed by atoms with Gasteiger partial charge in [0.15, 0.2) is 0 Å². The number of hydrogen-bond acceptors (Lipinski definition) is 5. The molecule has 2 aliphatic carbocycles. The fraction of sp³-hybridized carbons (Fsp3) is 0.361. The maximum Gasteiger partial charge on any atom is 0.143 e. The summed E-state index contributed by atoms with van der Waals surface area (Å²) < 4.78 is 26.9. The van der Waals surface area contributed by atoms with Gasteiger partial charge in [-0.15, -0.1) is 0 Å². The van der Waals surface area contributed by atoms with Gasteiger partial charge in [0.25, 0.3) is 0 Å². The van der Waals surface area contributed by atoms with E-state index in [1.54, 1.807) is 20.3 Å². The Morgan fingerprint density at radius 2 is 1.59 bits per heavy atom. The molecule has 0 amide bonds. The summed E-state index contributed by atoms with van der Waals surface area (Å²) in [6, 6.07) is 17.3. The molecule has 0 unspecified atom stereocenters. The molecule has 7 rings (SSSR count). The van der Waals surface area contributed by atoms with Gasteiger partial charge in [-0.2, -0.15) is 5.26 Å². The summed E-state index contributed by atoms with van der Waals surface area (Å²) in [7, 11) is 5.28. The first-order valence-electron chi connectivity index (χ1n) is 15.1. The summed E-state index contributed by atoms with van der Waals surface area (Å²) in [5.41, 5.74) is 4.55. The van der Waals surface area contributed by atoms with E-state index in [9.17, 15) is 19.2 Å². The van der Waals surface area contributed by atoms with E-state index >= 15 is 0 Å². The highest BCUT2D eigenvalue weighted by atomic mass is 19.1. The van der Waals surface area contributed by atoms with Crippen molar-refractivity contribution in [2.45, 2.75) is 62.7 Å². The first-order chi connectivity index (χ1) is 21.3. The topological polar surface area (TPSA) is 97.1 Å². The second kappa shape index (κ2) is 11.8. The van der Waals surface area contributed by atoms with Crippen LogP contribution in [-0.2, 0) is 22.1 Å². The van der Waals surface area contributed by atoms with Gasteiger partial charge in [0, 0.05) is 60.6 Å². The number of nitrogens with one attached hydrogen (secondary N) is 1. The van der Waals surface area contributed by atoms with E-state index in [1.165, 1.54) is 11.6 Å². The first-order valence-corrected chi connectivity index (χ1v) is 15.1. The van der Waals surface area contributed by atoms with Gasteiger partial charge in [0.05, 0.1) is 36.7 Å². The fourth-order valence-corrected chi connectivity index (χ4v) is 7.20. The van der Waals surface area contributed by atoms with Crippen LogP contribution in [0.1, 0.15) is 68.4 Å². The molecule has 0 saturated heterocycles. The minimum Gasteiger partial charge on any atom is -0.495 e. The molecule has 1 N–H and O–H groups in total. The Morgan fingerprint density at radius 1 is 0.909 bits per heavy atom. The van der Waals surface area contributed by atoms with Gasteiger partial charge < -0.3 is 19.0 Å². The van der Waals surface area contributed by atoms with Crippen LogP contribution in [0, 0.1) is 17.1 Å². The van der Waals surface area contributed by atoms with Crippen molar-refractivity contribution in [2.24, 2.45) is 7.05 Å². The Bertz CT molecular complexity index is 1930. The van der Waals surface area contributed by atoms with Crippen molar-refractivity contribution < 1.29 is 23.5 Å². The molecular weight excluding hydrogens is 557 g/mol. The average molecular weight is 594 g/mol. The van der Waals surface area contributed by atoms with Gasteiger partial charge in [0.2, 0.25) is 0 Å². The fourth-order valence-electron chi connectivity index (χ4n) is 7.20. The van der Waals surface area contributed by atoms with Crippen LogP contribution in [0.2, 0.25) is 0 Å². The number of nitriles is 1. The van der Waals surface area contributed by atoms with Crippen molar-refractivity contribution in [3.05, 3.63) is 71.7 Å². The second-order valence-corrected chi connectivity index (χ2v) is 11.9. The van der Waals surface area contributed by atoms with Crippen molar-refractivity contribution in [2.75, 3.05) is 14.2 Å². The van der Waals surface area contributed by atoms with Crippen molar-refractivity contribution in [3.63, 3.8) is 0 Å². The predicted octanol–water partition coefficient (Wildman–Crippen LogP) is 7.79. The molecule has 2 aliphatic rings. The molecule has 0 spiro atoms. The number of aromatic amines is 1. The Labute approximate surface area is 255 Å². The number of carbonyl (C=O) groups is 2. The molecule has 8 heteroatoms. The third-order valence-corrected chi connectivity index (χ3v) is 9.60. The Balaban J connectivity index is 0.000000159. The normalized spacial score (nSPS) is 17.0. The van der Waals surface area contributed by atoms with Crippen LogP contribution in [0.3, 0.4) is 0 Å².